The van der Waals surface area contributed by atoms with E-state index in [1.807, 2.05) is 24.3 Å². The van der Waals surface area contributed by atoms with Gasteiger partial charge in [0.05, 0.1) is 24.1 Å². The monoisotopic (exact) mass is 325 g/mol. The van der Waals surface area contributed by atoms with Gasteiger partial charge in [-0.2, -0.15) is 0 Å². The Morgan fingerprint density at radius 3 is 2.21 bits per heavy atom. The van der Waals surface area contributed by atoms with Crippen LogP contribution in [-0.4, -0.2) is 18.4 Å². The molecular weight excluding hydrogens is 302 g/mol. The second kappa shape index (κ2) is 6.08. The van der Waals surface area contributed by atoms with Crippen molar-refractivity contribution in [3.05, 3.63) is 36.4 Å². The van der Waals surface area contributed by atoms with Gasteiger partial charge in [0.2, 0.25) is 11.8 Å². The number of benzene rings is 1. The molecule has 0 spiro atoms. The van der Waals surface area contributed by atoms with Crippen molar-refractivity contribution < 1.29 is 14.3 Å². The molecule has 1 aromatic rings. The molecule has 4 heteroatoms. The number of anilines is 1. The molecule has 126 valence electrons. The van der Waals surface area contributed by atoms with Crippen LogP contribution in [0.5, 0.6) is 5.75 Å². The number of ether oxygens (including phenoxy) is 1. The number of carbonyl (C=O) groups excluding carboxylic acids is 2. The Balaban J connectivity index is 1.47. The van der Waals surface area contributed by atoms with Crippen LogP contribution < -0.4 is 9.64 Å². The van der Waals surface area contributed by atoms with Crippen LogP contribution in [0.2, 0.25) is 0 Å². The van der Waals surface area contributed by atoms with Crippen molar-refractivity contribution >= 4 is 17.5 Å². The molecule has 4 unspecified atom stereocenters. The third kappa shape index (κ3) is 2.36. The molecule has 4 nitrogen and oxygen atoms in total. The first-order valence-electron chi connectivity index (χ1n) is 8.99. The lowest BCUT2D eigenvalue weighted by molar-refractivity contribution is -0.123. The Morgan fingerprint density at radius 2 is 1.62 bits per heavy atom. The third-order valence-electron chi connectivity index (χ3n) is 5.58. The lowest BCUT2D eigenvalue weighted by Crippen LogP contribution is -2.32. The van der Waals surface area contributed by atoms with E-state index >= 15 is 0 Å². The predicted octanol–water partition coefficient (Wildman–Crippen LogP) is 3.57. The van der Waals surface area contributed by atoms with Gasteiger partial charge in [-0.1, -0.05) is 31.9 Å². The van der Waals surface area contributed by atoms with Crippen molar-refractivity contribution in [2.75, 3.05) is 11.5 Å². The fraction of sp³-hybridized carbons (Fsp3) is 0.500. The average Bonchev–Trinajstić information content (AvgIpc) is 3.27. The summed E-state index contributed by atoms with van der Waals surface area (Å²) in [6.07, 6.45) is 8.57. The number of unbranched alkanes of at least 4 members (excludes halogenated alkanes) is 2. The van der Waals surface area contributed by atoms with Gasteiger partial charge in [0.15, 0.2) is 0 Å². The van der Waals surface area contributed by atoms with Crippen LogP contribution in [0.1, 0.15) is 32.6 Å². The van der Waals surface area contributed by atoms with Gasteiger partial charge in [-0.05, 0) is 48.9 Å². The van der Waals surface area contributed by atoms with E-state index in [-0.39, 0.29) is 35.5 Å². The van der Waals surface area contributed by atoms with Crippen LogP contribution in [0.4, 0.5) is 5.69 Å². The number of hydrogen-bond acceptors (Lipinski definition) is 3. The van der Waals surface area contributed by atoms with Gasteiger partial charge in [0, 0.05) is 0 Å². The number of imide groups is 1. The highest BCUT2D eigenvalue weighted by Crippen LogP contribution is 2.53. The molecule has 24 heavy (non-hydrogen) atoms. The standard InChI is InChI=1S/C20H23NO3/c1-2-3-4-11-24-16-9-7-15(8-10-16)21-19(22)17-13-5-6-14(12-13)18(17)20(21)23/h5-10,13-14,17-18H,2-4,11-12H2,1H3. The van der Waals surface area contributed by atoms with Crippen molar-refractivity contribution in [2.24, 2.45) is 23.7 Å². The number of nitrogens with zero attached hydrogens (tertiary/aromatic N) is 1. The van der Waals surface area contributed by atoms with Crippen molar-refractivity contribution in [1.29, 1.82) is 0 Å². The van der Waals surface area contributed by atoms with E-state index in [1.165, 1.54) is 11.3 Å². The summed E-state index contributed by atoms with van der Waals surface area (Å²) in [6.45, 7) is 2.86. The second-order valence-corrected chi connectivity index (χ2v) is 7.06. The van der Waals surface area contributed by atoms with Gasteiger partial charge < -0.3 is 4.74 Å². The first-order valence-corrected chi connectivity index (χ1v) is 8.99. The molecule has 4 atom stereocenters. The molecule has 0 aromatic heterocycles. The van der Waals surface area contributed by atoms with Crippen LogP contribution in [0, 0.1) is 23.7 Å². The van der Waals surface area contributed by atoms with E-state index < -0.39 is 0 Å². The number of amides is 2. The summed E-state index contributed by atoms with van der Waals surface area (Å²) in [7, 11) is 0. The van der Waals surface area contributed by atoms with Crippen molar-refractivity contribution in [2.45, 2.75) is 32.6 Å². The second-order valence-electron chi connectivity index (χ2n) is 7.06. The molecule has 0 N–H and O–H groups in total. The van der Waals surface area contributed by atoms with Crippen LogP contribution in [0.3, 0.4) is 0 Å². The number of fused-ring (bicyclic) bond motifs is 5. The normalized spacial score (nSPS) is 30.3. The maximum absolute atomic E-state index is 12.8. The third-order valence-corrected chi connectivity index (χ3v) is 5.58. The van der Waals surface area contributed by atoms with Crippen molar-refractivity contribution in [3.63, 3.8) is 0 Å². The Bertz CT molecular complexity index is 649. The molecule has 1 aliphatic heterocycles. The zero-order valence-electron chi connectivity index (χ0n) is 14.0. The number of rotatable bonds is 6. The van der Waals surface area contributed by atoms with Gasteiger partial charge in [-0.3, -0.25) is 14.5 Å². The molecule has 4 rings (SSSR count). The largest absolute Gasteiger partial charge is 0.494 e. The average molecular weight is 325 g/mol. The first kappa shape index (κ1) is 15.4. The number of allylic oxidation sites excluding steroid dienone is 2. The number of hydrogen-bond donors (Lipinski definition) is 0. The Kier molecular flexibility index (Phi) is 3.91. The molecule has 3 aliphatic rings. The minimum atomic E-state index is -0.141. The van der Waals surface area contributed by atoms with E-state index in [1.54, 1.807) is 0 Å². The van der Waals surface area contributed by atoms with E-state index in [0.29, 0.717) is 12.3 Å². The van der Waals surface area contributed by atoms with Gasteiger partial charge in [-0.15, -0.1) is 0 Å². The topological polar surface area (TPSA) is 46.6 Å². The Morgan fingerprint density at radius 1 is 1.00 bits per heavy atom. The molecule has 1 saturated carbocycles. The number of carbonyl (C=O) groups is 2. The minimum Gasteiger partial charge on any atom is -0.494 e. The van der Waals surface area contributed by atoms with Crippen LogP contribution in [0.15, 0.2) is 36.4 Å². The van der Waals surface area contributed by atoms with Crippen LogP contribution >= 0.6 is 0 Å². The summed E-state index contributed by atoms with van der Waals surface area (Å²) < 4.78 is 5.70. The molecule has 1 heterocycles. The summed E-state index contributed by atoms with van der Waals surface area (Å²) in [6, 6.07) is 7.34. The maximum atomic E-state index is 12.8. The highest BCUT2D eigenvalue weighted by atomic mass is 16.5. The molecule has 2 bridgehead atoms. The highest BCUT2D eigenvalue weighted by Gasteiger charge is 2.59. The fourth-order valence-electron chi connectivity index (χ4n) is 4.39. The van der Waals surface area contributed by atoms with Crippen molar-refractivity contribution in [3.8, 4) is 5.75 Å². The Labute approximate surface area is 142 Å². The molecular formula is C20H23NO3. The summed E-state index contributed by atoms with van der Waals surface area (Å²) in [4.78, 5) is 26.9. The SMILES string of the molecule is CCCCCOc1ccc(N2C(=O)C3C4C=CC(C4)C3C2=O)cc1. The van der Waals surface area contributed by atoms with Crippen LogP contribution in [-0.2, 0) is 9.59 Å². The molecule has 1 aromatic carbocycles. The summed E-state index contributed by atoms with van der Waals surface area (Å²) in [5, 5.41) is 0. The highest BCUT2D eigenvalue weighted by molar-refractivity contribution is 6.22. The lowest BCUT2D eigenvalue weighted by Gasteiger charge is -2.17. The van der Waals surface area contributed by atoms with E-state index in [0.717, 1.165) is 25.0 Å². The van der Waals surface area contributed by atoms with Gasteiger partial charge in [-0.25, -0.2) is 0 Å². The van der Waals surface area contributed by atoms with Gasteiger partial charge in [0.1, 0.15) is 5.75 Å². The van der Waals surface area contributed by atoms with Crippen LogP contribution in [0.25, 0.3) is 0 Å². The maximum Gasteiger partial charge on any atom is 0.238 e. The summed E-state index contributed by atoms with van der Waals surface area (Å²) in [5.41, 5.74) is 0.666. The summed E-state index contributed by atoms with van der Waals surface area (Å²) >= 11 is 0. The van der Waals surface area contributed by atoms with Gasteiger partial charge in [0.25, 0.3) is 0 Å². The molecule has 0 radical (unpaired) electrons. The smallest absolute Gasteiger partial charge is 0.238 e. The fourth-order valence-corrected chi connectivity index (χ4v) is 4.39. The predicted molar refractivity (Wildman–Crippen MR) is 91.7 cm³/mol. The summed E-state index contributed by atoms with van der Waals surface area (Å²) in [5.74, 6) is 0.952. The zero-order valence-corrected chi connectivity index (χ0v) is 14.0. The molecule has 1 saturated heterocycles. The lowest BCUT2D eigenvalue weighted by atomic mass is 9.85. The van der Waals surface area contributed by atoms with E-state index in [9.17, 15) is 9.59 Å². The van der Waals surface area contributed by atoms with Crippen molar-refractivity contribution in [1.82, 2.24) is 0 Å². The Hall–Kier alpha value is -2.10. The zero-order chi connectivity index (χ0) is 16.7. The van der Waals surface area contributed by atoms with E-state index in [2.05, 4.69) is 19.1 Å². The first-order chi connectivity index (χ1) is 11.7. The minimum absolute atomic E-state index is 0.0292. The molecule has 2 amide bonds. The molecule has 2 aliphatic carbocycles. The molecule has 2 fully saturated rings. The van der Waals surface area contributed by atoms with E-state index in [4.69, 9.17) is 4.74 Å². The quantitative estimate of drug-likeness (QED) is 0.456. The van der Waals surface area contributed by atoms with Gasteiger partial charge >= 0.3 is 0 Å².